The summed E-state index contributed by atoms with van der Waals surface area (Å²) in [5.41, 5.74) is 16.9. The van der Waals surface area contributed by atoms with Crippen LogP contribution in [0.15, 0.2) is 328 Å². The number of nitrogens with zero attached hydrogens (tertiary/aromatic N) is 6. The van der Waals surface area contributed by atoms with E-state index in [4.69, 9.17) is 29.9 Å². The maximum atomic E-state index is 5.66. The quantitative estimate of drug-likeness (QED) is 0.128. The largest absolute Gasteiger partial charge is 0.208 e. The van der Waals surface area contributed by atoms with Gasteiger partial charge in [0.15, 0.2) is 34.9 Å². The maximum absolute atomic E-state index is 5.66. The van der Waals surface area contributed by atoms with Crippen molar-refractivity contribution < 1.29 is 0 Å². The third-order valence-electron chi connectivity index (χ3n) is 20.3. The highest BCUT2D eigenvalue weighted by Crippen LogP contribution is 2.46. The monoisotopic (exact) mass is 1330 g/mol. The zero-order chi connectivity index (χ0) is 67.2. The molecule has 19 aromatic rings. The Kier molecular flexibility index (Phi) is 14.3. The second kappa shape index (κ2) is 24.6. The Morgan fingerprint density at radius 3 is 1.41 bits per heavy atom. The minimum absolute atomic E-state index is 0.609. The van der Waals surface area contributed by atoms with Crippen molar-refractivity contribution in [1.82, 2.24) is 29.9 Å². The predicted molar refractivity (Wildman–Crippen MR) is 430 cm³/mol. The van der Waals surface area contributed by atoms with E-state index in [1.165, 1.54) is 58.1 Å². The topological polar surface area (TPSA) is 77.3 Å². The molecule has 0 atom stereocenters. The Morgan fingerprint density at radius 2 is 0.667 bits per heavy atom. The van der Waals surface area contributed by atoms with Crippen molar-refractivity contribution in [2.75, 3.05) is 0 Å². The number of rotatable bonds is 11. The third-order valence-corrected chi connectivity index (χ3v) is 22.7. The molecule has 0 aliphatic heterocycles. The van der Waals surface area contributed by atoms with Crippen molar-refractivity contribution in [3.05, 3.63) is 339 Å². The Labute approximate surface area is 596 Å². The summed E-state index contributed by atoms with van der Waals surface area (Å²) in [6, 6.07) is 114. The maximum Gasteiger partial charge on any atom is 0.165 e. The highest BCUT2D eigenvalue weighted by Gasteiger charge is 2.25. The van der Waals surface area contributed by atoms with Crippen LogP contribution in [0.1, 0.15) is 24.2 Å². The van der Waals surface area contributed by atoms with Gasteiger partial charge >= 0.3 is 0 Å². The van der Waals surface area contributed by atoms with E-state index in [2.05, 4.69) is 328 Å². The predicted octanol–water partition coefficient (Wildman–Crippen LogP) is 25.7. The molecule has 8 heteroatoms. The van der Waals surface area contributed by atoms with E-state index in [1.807, 2.05) is 0 Å². The van der Waals surface area contributed by atoms with Crippen LogP contribution in [0.4, 0.5) is 0 Å². The molecule has 476 valence electrons. The van der Waals surface area contributed by atoms with Crippen molar-refractivity contribution in [1.29, 1.82) is 0 Å². The van der Waals surface area contributed by atoms with Crippen molar-refractivity contribution in [3.63, 3.8) is 0 Å². The summed E-state index contributed by atoms with van der Waals surface area (Å²) < 4.78 is 4.77. The fourth-order valence-corrected chi connectivity index (χ4v) is 17.7. The van der Waals surface area contributed by atoms with Crippen LogP contribution in [0, 0.1) is 0 Å². The van der Waals surface area contributed by atoms with Gasteiger partial charge < -0.3 is 0 Å². The fraction of sp³-hybridized carbons (Fsp3) is 0.0213. The van der Waals surface area contributed by atoms with Gasteiger partial charge in [-0.05, 0) is 160 Å². The van der Waals surface area contributed by atoms with Crippen LogP contribution in [-0.2, 0) is 0 Å². The van der Waals surface area contributed by atoms with Crippen molar-refractivity contribution in [2.24, 2.45) is 0 Å². The average molecular weight is 1340 g/mol. The van der Waals surface area contributed by atoms with Crippen molar-refractivity contribution in [3.8, 4) is 101 Å². The van der Waals surface area contributed by atoms with Gasteiger partial charge in [0, 0.05) is 73.7 Å². The standard InChI is InChI=1S/C94H58N6S2/c1-2-22-62-54-68(49-41-57(62)19-1)72-27-8-10-33-81(72)91-98-93(83-38-18-36-79-77-31-12-14-40-85(77)102-88(79)83)100-94(99-91)86-74-29-6-4-21-59(74)51-52-75(86)67-25-15-24-63(55-67)64-46-47-66-56-69(50-48-65(66)53-64)73-28-7-9-32-80(73)90-95-89(61-44-42-60(43-45-61)71-34-16-23-58-20-3-5-26-70(58)71)96-92(97-90)82-37-17-35-78-76-30-11-13-39-84(76)101-87(78)82/h1-9,11-32,34-56H,10,33H2. The number of benzene rings is 15. The molecule has 4 heterocycles. The molecule has 0 bridgehead atoms. The molecular formula is C94H58N6S2. The van der Waals surface area contributed by atoms with Gasteiger partial charge in [0.05, 0.1) is 0 Å². The Balaban J connectivity index is 0.685. The average Bonchev–Trinajstić information content (AvgIpc) is 1.36. The molecule has 0 amide bonds. The van der Waals surface area contributed by atoms with E-state index in [-0.39, 0.29) is 0 Å². The van der Waals surface area contributed by atoms with Crippen LogP contribution in [0.3, 0.4) is 0 Å². The Hall–Kier alpha value is -12.7. The number of fused-ring (bicyclic) bond motifs is 10. The van der Waals surface area contributed by atoms with E-state index in [0.717, 1.165) is 127 Å². The van der Waals surface area contributed by atoms with Gasteiger partial charge in [-0.25, -0.2) is 29.9 Å². The molecular weight excluding hydrogens is 1280 g/mol. The molecule has 0 fully saturated rings. The third kappa shape index (κ3) is 10.4. The van der Waals surface area contributed by atoms with Crippen molar-refractivity contribution >= 4 is 117 Å². The van der Waals surface area contributed by atoms with Gasteiger partial charge in [-0.3, -0.25) is 0 Å². The SMILES string of the molecule is C1=CC(c2ccc3ccccc3c2)=C(c2nc(-c3c(-c4cccc(-c5ccc6cc(-c7ccccc7-c7nc(-c8ccc(-c9cccc%10ccccc9%10)cc8)nc(-c8cccc9c8sc8ccccc89)n7)ccc6c5)c4)ccc4ccccc34)nc(-c3cccc4c3sc3ccccc34)n2)CC1. The van der Waals surface area contributed by atoms with E-state index in [1.54, 1.807) is 22.7 Å². The van der Waals surface area contributed by atoms with E-state index in [9.17, 15) is 0 Å². The van der Waals surface area contributed by atoms with E-state index in [0.29, 0.717) is 34.9 Å². The van der Waals surface area contributed by atoms with Crippen LogP contribution in [0.5, 0.6) is 0 Å². The molecule has 0 radical (unpaired) electrons. The first-order chi connectivity index (χ1) is 50.5. The van der Waals surface area contributed by atoms with Crippen LogP contribution in [0.25, 0.3) is 196 Å². The lowest BCUT2D eigenvalue weighted by Crippen LogP contribution is -2.06. The number of hydrogen-bond donors (Lipinski definition) is 0. The molecule has 20 rings (SSSR count). The van der Waals surface area contributed by atoms with E-state index >= 15 is 0 Å². The Bertz CT molecular complexity index is 6710. The van der Waals surface area contributed by atoms with Gasteiger partial charge in [-0.2, -0.15) is 0 Å². The smallest absolute Gasteiger partial charge is 0.165 e. The van der Waals surface area contributed by atoms with Gasteiger partial charge in [-0.15, -0.1) is 22.7 Å². The minimum Gasteiger partial charge on any atom is -0.208 e. The molecule has 1 aliphatic rings. The molecule has 15 aromatic carbocycles. The van der Waals surface area contributed by atoms with Gasteiger partial charge in [-0.1, -0.05) is 279 Å². The summed E-state index contributed by atoms with van der Waals surface area (Å²) in [5, 5.41) is 14.1. The first-order valence-electron chi connectivity index (χ1n) is 34.6. The lowest BCUT2D eigenvalue weighted by Gasteiger charge is -2.19. The summed E-state index contributed by atoms with van der Waals surface area (Å²) in [6.07, 6.45) is 6.22. The van der Waals surface area contributed by atoms with Gasteiger partial charge in [0.1, 0.15) is 0 Å². The number of allylic oxidation sites excluding steroid dienone is 4. The van der Waals surface area contributed by atoms with Gasteiger partial charge in [0.2, 0.25) is 0 Å². The van der Waals surface area contributed by atoms with Crippen molar-refractivity contribution in [2.45, 2.75) is 12.8 Å². The minimum atomic E-state index is 0.609. The second-order valence-electron chi connectivity index (χ2n) is 26.3. The summed E-state index contributed by atoms with van der Waals surface area (Å²) in [7, 11) is 0. The highest BCUT2D eigenvalue weighted by molar-refractivity contribution is 7.26. The van der Waals surface area contributed by atoms with Crippen LogP contribution >= 0.6 is 22.7 Å². The molecule has 0 spiro atoms. The van der Waals surface area contributed by atoms with Gasteiger partial charge in [0.25, 0.3) is 0 Å². The first-order valence-corrected chi connectivity index (χ1v) is 36.2. The molecule has 0 saturated heterocycles. The van der Waals surface area contributed by atoms with E-state index < -0.39 is 0 Å². The van der Waals surface area contributed by atoms with Crippen LogP contribution in [-0.4, -0.2) is 29.9 Å². The Morgan fingerprint density at radius 1 is 0.235 bits per heavy atom. The van der Waals surface area contributed by atoms with Crippen LogP contribution < -0.4 is 0 Å². The lowest BCUT2D eigenvalue weighted by molar-refractivity contribution is 0.982. The molecule has 6 nitrogen and oxygen atoms in total. The zero-order valence-corrected chi connectivity index (χ0v) is 56.7. The molecule has 4 aromatic heterocycles. The zero-order valence-electron chi connectivity index (χ0n) is 55.1. The summed E-state index contributed by atoms with van der Waals surface area (Å²) >= 11 is 3.58. The molecule has 0 unspecified atom stereocenters. The first kappa shape index (κ1) is 59.3. The molecule has 1 aliphatic carbocycles. The number of thiophene rings is 2. The van der Waals surface area contributed by atoms with Crippen LogP contribution in [0.2, 0.25) is 0 Å². The number of hydrogen-bond acceptors (Lipinski definition) is 8. The highest BCUT2D eigenvalue weighted by atomic mass is 32.1. The second-order valence-corrected chi connectivity index (χ2v) is 28.4. The normalized spacial score (nSPS) is 12.5. The molecule has 0 N–H and O–H groups in total. The number of aromatic nitrogens is 6. The lowest BCUT2D eigenvalue weighted by atomic mass is 9.90. The summed E-state index contributed by atoms with van der Waals surface area (Å²) in [4.78, 5) is 33.0. The summed E-state index contributed by atoms with van der Waals surface area (Å²) in [6.45, 7) is 0. The molecule has 102 heavy (non-hydrogen) atoms. The molecule has 0 saturated carbocycles. The fourth-order valence-electron chi connectivity index (χ4n) is 15.3. The summed E-state index contributed by atoms with van der Waals surface area (Å²) in [5.74, 6) is 3.84.